The molecule has 0 aromatic heterocycles. The van der Waals surface area contributed by atoms with E-state index >= 15 is 0 Å². The van der Waals surface area contributed by atoms with E-state index in [4.69, 9.17) is 4.74 Å². The van der Waals surface area contributed by atoms with Crippen LogP contribution in [-0.4, -0.2) is 44.8 Å². The number of hydrogen-bond acceptors (Lipinski definition) is 4. The molecule has 1 saturated heterocycles. The van der Waals surface area contributed by atoms with Crippen LogP contribution in [0.15, 0.2) is 24.3 Å². The van der Waals surface area contributed by atoms with Gasteiger partial charge >= 0.3 is 0 Å². The number of likely N-dealkylation sites (N-methyl/N-ethyl adjacent to an activating group) is 1. The maximum Gasteiger partial charge on any atom is 0.245 e. The maximum absolute atomic E-state index is 12.3. The Kier molecular flexibility index (Phi) is 6.02. The van der Waals surface area contributed by atoms with Gasteiger partial charge in [0.05, 0.1) is 13.2 Å². The summed E-state index contributed by atoms with van der Waals surface area (Å²) in [4.78, 5) is 14.4. The summed E-state index contributed by atoms with van der Waals surface area (Å²) in [5, 5.41) is 6.26. The van der Waals surface area contributed by atoms with Gasteiger partial charge in [0, 0.05) is 25.3 Å². The number of carbonyl (C=O) groups is 1. The van der Waals surface area contributed by atoms with Gasteiger partial charge in [-0.3, -0.25) is 4.79 Å². The number of rotatable bonds is 6. The standard InChI is InChI=1S/C16H25N3O2/c1-3-17-11-13-7-5-6-8-14(13)19-9-10-21-12-15(19)16(20)18-4-2/h5-8,15,17H,3-4,9-12H2,1-2H3,(H,18,20). The van der Waals surface area contributed by atoms with E-state index in [0.29, 0.717) is 19.8 Å². The minimum atomic E-state index is -0.249. The zero-order valence-electron chi connectivity index (χ0n) is 12.9. The molecule has 1 heterocycles. The van der Waals surface area contributed by atoms with E-state index in [9.17, 15) is 4.79 Å². The number of carbonyl (C=O) groups excluding carboxylic acids is 1. The average molecular weight is 291 g/mol. The van der Waals surface area contributed by atoms with Crippen molar-refractivity contribution in [2.75, 3.05) is 37.7 Å². The van der Waals surface area contributed by atoms with Crippen molar-refractivity contribution in [3.8, 4) is 0 Å². The normalized spacial score (nSPS) is 18.6. The van der Waals surface area contributed by atoms with E-state index in [0.717, 1.165) is 25.3 Å². The smallest absolute Gasteiger partial charge is 0.245 e. The number of nitrogens with zero attached hydrogens (tertiary/aromatic N) is 1. The first-order chi connectivity index (χ1) is 10.3. The Morgan fingerprint density at radius 3 is 2.90 bits per heavy atom. The molecule has 2 rings (SSSR count). The van der Waals surface area contributed by atoms with Crippen LogP contribution in [0.3, 0.4) is 0 Å². The zero-order valence-corrected chi connectivity index (χ0v) is 12.9. The summed E-state index contributed by atoms with van der Waals surface area (Å²) < 4.78 is 5.50. The van der Waals surface area contributed by atoms with Crippen molar-refractivity contribution in [1.29, 1.82) is 0 Å². The molecule has 1 aliphatic rings. The molecule has 0 saturated carbocycles. The molecule has 2 N–H and O–H groups in total. The Morgan fingerprint density at radius 2 is 2.14 bits per heavy atom. The third-order valence-corrected chi connectivity index (χ3v) is 3.65. The molecule has 1 amide bonds. The summed E-state index contributed by atoms with van der Waals surface area (Å²) in [6, 6.07) is 8.01. The van der Waals surface area contributed by atoms with Crippen LogP contribution in [0, 0.1) is 0 Å². The van der Waals surface area contributed by atoms with Crippen LogP contribution in [0.25, 0.3) is 0 Å². The molecule has 5 nitrogen and oxygen atoms in total. The van der Waals surface area contributed by atoms with Crippen LogP contribution in [0.5, 0.6) is 0 Å². The van der Waals surface area contributed by atoms with Crippen molar-refractivity contribution in [2.45, 2.75) is 26.4 Å². The molecule has 1 unspecified atom stereocenters. The van der Waals surface area contributed by atoms with Crippen LogP contribution in [-0.2, 0) is 16.1 Å². The van der Waals surface area contributed by atoms with Gasteiger partial charge in [-0.15, -0.1) is 0 Å². The van der Waals surface area contributed by atoms with Gasteiger partial charge < -0.3 is 20.3 Å². The molecule has 1 aromatic rings. The lowest BCUT2D eigenvalue weighted by Gasteiger charge is -2.37. The lowest BCUT2D eigenvalue weighted by Crippen LogP contribution is -2.54. The minimum absolute atomic E-state index is 0.0375. The van der Waals surface area contributed by atoms with Crippen LogP contribution in [0.4, 0.5) is 5.69 Å². The van der Waals surface area contributed by atoms with Gasteiger partial charge in [-0.1, -0.05) is 25.1 Å². The second-order valence-electron chi connectivity index (χ2n) is 5.09. The Hall–Kier alpha value is -1.59. The predicted octanol–water partition coefficient (Wildman–Crippen LogP) is 1.14. The number of nitrogens with one attached hydrogen (secondary N) is 2. The number of para-hydroxylation sites is 1. The summed E-state index contributed by atoms with van der Waals surface area (Å²) >= 11 is 0. The van der Waals surface area contributed by atoms with Gasteiger partial charge in [-0.25, -0.2) is 0 Å². The lowest BCUT2D eigenvalue weighted by atomic mass is 10.1. The number of hydrogen-bond donors (Lipinski definition) is 2. The van der Waals surface area contributed by atoms with Gasteiger partial charge in [0.1, 0.15) is 6.04 Å². The fraction of sp³-hybridized carbons (Fsp3) is 0.562. The molecule has 1 atom stereocenters. The third kappa shape index (κ3) is 3.95. The van der Waals surface area contributed by atoms with Crippen molar-refractivity contribution in [1.82, 2.24) is 10.6 Å². The third-order valence-electron chi connectivity index (χ3n) is 3.65. The van der Waals surface area contributed by atoms with Crippen LogP contribution in [0.1, 0.15) is 19.4 Å². The van der Waals surface area contributed by atoms with E-state index in [1.165, 1.54) is 5.56 Å². The molecule has 21 heavy (non-hydrogen) atoms. The Labute approximate surface area is 126 Å². The average Bonchev–Trinajstić information content (AvgIpc) is 2.53. The highest BCUT2D eigenvalue weighted by Crippen LogP contribution is 2.24. The molecular weight excluding hydrogens is 266 g/mol. The van der Waals surface area contributed by atoms with E-state index in [1.54, 1.807) is 0 Å². The fourth-order valence-electron chi connectivity index (χ4n) is 2.60. The Bertz CT molecular complexity index is 465. The maximum atomic E-state index is 12.3. The Morgan fingerprint density at radius 1 is 1.33 bits per heavy atom. The summed E-state index contributed by atoms with van der Waals surface area (Å²) in [6.07, 6.45) is 0. The first-order valence-corrected chi connectivity index (χ1v) is 7.68. The van der Waals surface area contributed by atoms with Crippen molar-refractivity contribution >= 4 is 11.6 Å². The molecular formula is C16H25N3O2. The number of benzene rings is 1. The lowest BCUT2D eigenvalue weighted by molar-refractivity contribution is -0.124. The van der Waals surface area contributed by atoms with Crippen LogP contribution in [0.2, 0.25) is 0 Å². The largest absolute Gasteiger partial charge is 0.377 e. The number of ether oxygens (including phenoxy) is 1. The molecule has 0 spiro atoms. The van der Waals surface area contributed by atoms with Crippen LogP contribution < -0.4 is 15.5 Å². The molecule has 5 heteroatoms. The summed E-state index contributed by atoms with van der Waals surface area (Å²) in [5.41, 5.74) is 2.34. The highest BCUT2D eigenvalue weighted by Gasteiger charge is 2.30. The molecule has 1 fully saturated rings. The summed E-state index contributed by atoms with van der Waals surface area (Å²) in [6.45, 7) is 8.25. The SMILES string of the molecule is CCNCc1ccccc1N1CCOCC1C(=O)NCC. The van der Waals surface area contributed by atoms with Gasteiger partial charge in [0.15, 0.2) is 0 Å². The summed E-state index contributed by atoms with van der Waals surface area (Å²) in [5.74, 6) is 0.0375. The molecule has 0 bridgehead atoms. The van der Waals surface area contributed by atoms with E-state index in [1.807, 2.05) is 19.1 Å². The van der Waals surface area contributed by atoms with Crippen LogP contribution >= 0.6 is 0 Å². The molecule has 1 aromatic carbocycles. The highest BCUT2D eigenvalue weighted by molar-refractivity contribution is 5.86. The van der Waals surface area contributed by atoms with Crippen molar-refractivity contribution in [2.24, 2.45) is 0 Å². The second kappa shape index (κ2) is 8.00. The second-order valence-corrected chi connectivity index (χ2v) is 5.09. The quantitative estimate of drug-likeness (QED) is 0.825. The van der Waals surface area contributed by atoms with Gasteiger partial charge in [0.2, 0.25) is 5.91 Å². The van der Waals surface area contributed by atoms with Gasteiger partial charge in [0.25, 0.3) is 0 Å². The predicted molar refractivity (Wildman–Crippen MR) is 84.5 cm³/mol. The topological polar surface area (TPSA) is 53.6 Å². The number of anilines is 1. The Balaban J connectivity index is 2.22. The fourth-order valence-corrected chi connectivity index (χ4v) is 2.60. The molecule has 1 aliphatic heterocycles. The summed E-state index contributed by atoms with van der Waals surface area (Å²) in [7, 11) is 0. The first-order valence-electron chi connectivity index (χ1n) is 7.68. The van der Waals surface area contributed by atoms with E-state index < -0.39 is 0 Å². The van der Waals surface area contributed by atoms with E-state index in [2.05, 4.69) is 34.6 Å². The number of amides is 1. The molecule has 0 aliphatic carbocycles. The van der Waals surface area contributed by atoms with Crippen molar-refractivity contribution in [3.63, 3.8) is 0 Å². The van der Waals surface area contributed by atoms with Crippen molar-refractivity contribution in [3.05, 3.63) is 29.8 Å². The first kappa shape index (κ1) is 15.8. The zero-order chi connectivity index (χ0) is 15.1. The van der Waals surface area contributed by atoms with Gasteiger partial charge in [-0.05, 0) is 25.1 Å². The monoisotopic (exact) mass is 291 g/mol. The minimum Gasteiger partial charge on any atom is -0.377 e. The van der Waals surface area contributed by atoms with E-state index in [-0.39, 0.29) is 11.9 Å². The van der Waals surface area contributed by atoms with Crippen molar-refractivity contribution < 1.29 is 9.53 Å². The number of morpholine rings is 1. The molecule has 116 valence electrons. The van der Waals surface area contributed by atoms with Gasteiger partial charge in [-0.2, -0.15) is 0 Å². The highest BCUT2D eigenvalue weighted by atomic mass is 16.5. The molecule has 0 radical (unpaired) electrons.